The van der Waals surface area contributed by atoms with Crippen LogP contribution in [0.2, 0.25) is 0 Å². The van der Waals surface area contributed by atoms with Crippen LogP contribution in [0.25, 0.3) is 0 Å². The quantitative estimate of drug-likeness (QED) is 0.458. The first kappa shape index (κ1) is 19.0. The van der Waals surface area contributed by atoms with Crippen LogP contribution in [0.15, 0.2) is 84.0 Å². The van der Waals surface area contributed by atoms with Gasteiger partial charge in [-0.3, -0.25) is 10.2 Å². The second-order valence-corrected chi connectivity index (χ2v) is 5.81. The standard InChI is InChI=1S/C22H21N3O3/c1-27-21-14-8-6-12-19(21)24-22(26)16-28-20-13-7-5-9-17(20)15-23-25-18-10-3-2-4-11-18/h2-15,25H,16H2,1H3,(H,24,26). The molecule has 0 saturated carbocycles. The molecule has 6 nitrogen and oxygen atoms in total. The molecule has 0 unspecified atom stereocenters. The molecule has 3 aromatic carbocycles. The Balaban J connectivity index is 1.59. The van der Waals surface area contributed by atoms with Gasteiger partial charge in [0.05, 0.1) is 24.7 Å². The fraction of sp³-hybridized carbons (Fsp3) is 0.0909. The van der Waals surface area contributed by atoms with E-state index in [1.54, 1.807) is 31.5 Å². The van der Waals surface area contributed by atoms with Crippen LogP contribution >= 0.6 is 0 Å². The number of ether oxygens (including phenoxy) is 2. The number of rotatable bonds is 8. The minimum atomic E-state index is -0.279. The molecule has 1 amide bonds. The van der Waals surface area contributed by atoms with Crippen LogP contribution in [0.1, 0.15) is 5.56 Å². The molecule has 0 aliphatic heterocycles. The van der Waals surface area contributed by atoms with Crippen molar-refractivity contribution in [3.8, 4) is 11.5 Å². The Bertz CT molecular complexity index is 943. The van der Waals surface area contributed by atoms with Gasteiger partial charge >= 0.3 is 0 Å². The number of hydrogen-bond acceptors (Lipinski definition) is 5. The smallest absolute Gasteiger partial charge is 0.262 e. The summed E-state index contributed by atoms with van der Waals surface area (Å²) in [7, 11) is 1.56. The van der Waals surface area contributed by atoms with E-state index in [0.29, 0.717) is 17.2 Å². The highest BCUT2D eigenvalue weighted by Crippen LogP contribution is 2.23. The molecule has 0 radical (unpaired) electrons. The van der Waals surface area contributed by atoms with Gasteiger partial charge in [0.1, 0.15) is 11.5 Å². The highest BCUT2D eigenvalue weighted by atomic mass is 16.5. The van der Waals surface area contributed by atoms with Gasteiger partial charge in [-0.2, -0.15) is 5.10 Å². The van der Waals surface area contributed by atoms with Crippen LogP contribution in [-0.2, 0) is 4.79 Å². The Morgan fingerprint density at radius 3 is 2.39 bits per heavy atom. The molecule has 28 heavy (non-hydrogen) atoms. The molecule has 0 fully saturated rings. The zero-order chi connectivity index (χ0) is 19.6. The summed E-state index contributed by atoms with van der Waals surface area (Å²) < 4.78 is 10.9. The maximum absolute atomic E-state index is 12.2. The molecular formula is C22H21N3O3. The molecule has 0 atom stereocenters. The molecule has 2 N–H and O–H groups in total. The van der Waals surface area contributed by atoms with Gasteiger partial charge in [0, 0.05) is 5.56 Å². The van der Waals surface area contributed by atoms with Crippen molar-refractivity contribution in [2.75, 3.05) is 24.5 Å². The molecule has 0 aliphatic rings. The average Bonchev–Trinajstić information content (AvgIpc) is 2.74. The van der Waals surface area contributed by atoms with Crippen LogP contribution in [0.5, 0.6) is 11.5 Å². The first-order valence-electron chi connectivity index (χ1n) is 8.75. The van der Waals surface area contributed by atoms with Gasteiger partial charge in [-0.25, -0.2) is 0 Å². The minimum absolute atomic E-state index is 0.130. The number of carbonyl (C=O) groups excluding carboxylic acids is 1. The number of carbonyl (C=O) groups is 1. The summed E-state index contributed by atoms with van der Waals surface area (Å²) in [6, 6.07) is 24.2. The molecule has 142 valence electrons. The number of benzene rings is 3. The third kappa shape index (κ3) is 5.35. The van der Waals surface area contributed by atoms with Crippen LogP contribution < -0.4 is 20.2 Å². The van der Waals surface area contributed by atoms with Crippen molar-refractivity contribution < 1.29 is 14.3 Å². The van der Waals surface area contributed by atoms with Crippen molar-refractivity contribution in [2.24, 2.45) is 5.10 Å². The number of para-hydroxylation sites is 4. The predicted molar refractivity (Wildman–Crippen MR) is 111 cm³/mol. The molecule has 0 spiro atoms. The van der Waals surface area contributed by atoms with Crippen molar-refractivity contribution in [1.82, 2.24) is 0 Å². The maximum atomic E-state index is 12.2. The van der Waals surface area contributed by atoms with Crippen LogP contribution in [-0.4, -0.2) is 25.8 Å². The van der Waals surface area contributed by atoms with E-state index in [0.717, 1.165) is 11.3 Å². The average molecular weight is 375 g/mol. The lowest BCUT2D eigenvalue weighted by atomic mass is 10.2. The number of amides is 1. The summed E-state index contributed by atoms with van der Waals surface area (Å²) >= 11 is 0. The van der Waals surface area contributed by atoms with Gasteiger partial charge in [0.15, 0.2) is 6.61 Å². The van der Waals surface area contributed by atoms with Crippen LogP contribution in [0, 0.1) is 0 Å². The monoisotopic (exact) mass is 375 g/mol. The van der Waals surface area contributed by atoms with Crippen molar-refractivity contribution in [2.45, 2.75) is 0 Å². The fourth-order valence-corrected chi connectivity index (χ4v) is 2.49. The highest BCUT2D eigenvalue weighted by molar-refractivity contribution is 5.93. The SMILES string of the molecule is COc1ccccc1NC(=O)COc1ccccc1C=NNc1ccccc1. The molecule has 0 bridgehead atoms. The topological polar surface area (TPSA) is 72.0 Å². The van der Waals surface area contributed by atoms with Gasteiger partial charge in [0.2, 0.25) is 0 Å². The maximum Gasteiger partial charge on any atom is 0.262 e. The predicted octanol–water partition coefficient (Wildman–Crippen LogP) is 4.16. The molecule has 0 heterocycles. The normalized spacial score (nSPS) is 10.5. The zero-order valence-electron chi connectivity index (χ0n) is 15.5. The van der Waals surface area contributed by atoms with Gasteiger partial charge in [-0.15, -0.1) is 0 Å². The van der Waals surface area contributed by atoms with E-state index >= 15 is 0 Å². The summed E-state index contributed by atoms with van der Waals surface area (Å²) in [5, 5.41) is 7.00. The number of nitrogens with one attached hydrogen (secondary N) is 2. The minimum Gasteiger partial charge on any atom is -0.495 e. The number of anilines is 2. The molecule has 0 aliphatic carbocycles. The lowest BCUT2D eigenvalue weighted by Crippen LogP contribution is -2.20. The number of methoxy groups -OCH3 is 1. The Hall–Kier alpha value is -3.80. The van der Waals surface area contributed by atoms with Crippen LogP contribution in [0.3, 0.4) is 0 Å². The van der Waals surface area contributed by atoms with Crippen molar-refractivity contribution in [3.05, 3.63) is 84.4 Å². The van der Waals surface area contributed by atoms with Gasteiger partial charge < -0.3 is 14.8 Å². The summed E-state index contributed by atoms with van der Waals surface area (Å²) in [5.41, 5.74) is 5.19. The highest BCUT2D eigenvalue weighted by Gasteiger charge is 2.09. The summed E-state index contributed by atoms with van der Waals surface area (Å²) in [6.07, 6.45) is 1.65. The van der Waals surface area contributed by atoms with E-state index in [1.807, 2.05) is 60.7 Å². The Kier molecular flexibility index (Phi) is 6.62. The van der Waals surface area contributed by atoms with Gasteiger partial charge in [-0.1, -0.05) is 42.5 Å². The first-order chi connectivity index (χ1) is 13.8. The van der Waals surface area contributed by atoms with Crippen molar-refractivity contribution in [3.63, 3.8) is 0 Å². The molecule has 3 aromatic rings. The zero-order valence-corrected chi connectivity index (χ0v) is 15.5. The van der Waals surface area contributed by atoms with Crippen molar-refractivity contribution >= 4 is 23.5 Å². The Labute approximate surface area is 163 Å². The summed E-state index contributed by atoms with van der Waals surface area (Å²) in [5.74, 6) is 0.880. The van der Waals surface area contributed by atoms with E-state index in [1.165, 1.54) is 0 Å². The van der Waals surface area contributed by atoms with Gasteiger partial charge in [-0.05, 0) is 36.4 Å². The largest absolute Gasteiger partial charge is 0.495 e. The van der Waals surface area contributed by atoms with E-state index < -0.39 is 0 Å². The van der Waals surface area contributed by atoms with E-state index in [2.05, 4.69) is 15.8 Å². The molecule has 3 rings (SSSR count). The fourth-order valence-electron chi connectivity index (χ4n) is 2.49. The van der Waals surface area contributed by atoms with Crippen LogP contribution in [0.4, 0.5) is 11.4 Å². The number of nitrogens with zero attached hydrogens (tertiary/aromatic N) is 1. The van der Waals surface area contributed by atoms with Crippen molar-refractivity contribution in [1.29, 1.82) is 0 Å². The third-order valence-electron chi connectivity index (χ3n) is 3.83. The molecular weight excluding hydrogens is 354 g/mol. The first-order valence-corrected chi connectivity index (χ1v) is 8.75. The summed E-state index contributed by atoms with van der Waals surface area (Å²) in [6.45, 7) is -0.130. The number of hydrogen-bond donors (Lipinski definition) is 2. The molecule has 6 heteroatoms. The number of hydrazone groups is 1. The van der Waals surface area contributed by atoms with E-state index in [9.17, 15) is 4.79 Å². The molecule has 0 aromatic heterocycles. The Morgan fingerprint density at radius 1 is 0.929 bits per heavy atom. The Morgan fingerprint density at radius 2 is 1.61 bits per heavy atom. The summed E-state index contributed by atoms with van der Waals surface area (Å²) in [4.78, 5) is 12.2. The van der Waals surface area contributed by atoms with Gasteiger partial charge in [0.25, 0.3) is 5.91 Å². The van der Waals surface area contributed by atoms with E-state index in [-0.39, 0.29) is 12.5 Å². The molecule has 0 saturated heterocycles. The second-order valence-electron chi connectivity index (χ2n) is 5.81. The lowest BCUT2D eigenvalue weighted by molar-refractivity contribution is -0.118. The van der Waals surface area contributed by atoms with E-state index in [4.69, 9.17) is 9.47 Å². The third-order valence-corrected chi connectivity index (χ3v) is 3.83. The second kappa shape index (κ2) is 9.78. The lowest BCUT2D eigenvalue weighted by Gasteiger charge is -2.11.